The summed E-state index contributed by atoms with van der Waals surface area (Å²) in [7, 11) is 9.87. The summed E-state index contributed by atoms with van der Waals surface area (Å²) in [6.45, 7) is 35.3. The fourth-order valence-corrected chi connectivity index (χ4v) is 17.0. The first-order valence-electron chi connectivity index (χ1n) is 50.0. The number of nitrogens with zero attached hydrogens (tertiary/aromatic N) is 10. The third-order valence-electron chi connectivity index (χ3n) is 24.4. The van der Waals surface area contributed by atoms with Crippen LogP contribution in [0.4, 0.5) is 0 Å². The number of aromatic nitrogens is 10. The first kappa shape index (κ1) is 74.7. The van der Waals surface area contributed by atoms with Crippen LogP contribution in [0, 0.1) is 61.3 Å². The molecular weight excluding hydrogens is 1590 g/mol. The van der Waals surface area contributed by atoms with Crippen LogP contribution in [0.1, 0.15) is 220 Å². The molecule has 0 aliphatic carbocycles. The maximum atomic E-state index is 8.51. The predicted octanol–water partition coefficient (Wildman–Crippen LogP) is 27.2. The van der Waals surface area contributed by atoms with Crippen molar-refractivity contribution in [1.29, 1.82) is 0 Å². The van der Waals surface area contributed by atoms with Crippen molar-refractivity contribution in [3.05, 3.63) is 297 Å². The number of fused-ring (bicyclic) bond motifs is 15. The van der Waals surface area contributed by atoms with Gasteiger partial charge in [-0.05, 0) is 220 Å². The van der Waals surface area contributed by atoms with Gasteiger partial charge in [0.25, 0.3) is 0 Å². The van der Waals surface area contributed by atoms with E-state index in [1.165, 1.54) is 6.92 Å². The van der Waals surface area contributed by atoms with Crippen molar-refractivity contribution in [1.82, 2.24) is 24.9 Å². The molecule has 5 aromatic carbocycles. The van der Waals surface area contributed by atoms with Gasteiger partial charge in [0, 0.05) is 159 Å². The lowest BCUT2D eigenvalue weighted by Crippen LogP contribution is -2.31. The summed E-state index contributed by atoms with van der Waals surface area (Å²) in [5.74, 6) is -4.84. The zero-order valence-electron chi connectivity index (χ0n) is 90.8. The number of hydrogen-bond donors (Lipinski definition) is 0. The molecule has 15 aromatic heterocycles. The van der Waals surface area contributed by atoms with Crippen LogP contribution in [-0.4, -0.2) is 24.9 Å². The Balaban J connectivity index is 0.000000127. The molecule has 0 aliphatic heterocycles. The normalized spacial score (nSPS) is 14.3. The van der Waals surface area contributed by atoms with E-state index in [9.17, 15) is 0 Å². The minimum atomic E-state index is -2.46. The van der Waals surface area contributed by atoms with E-state index in [0.717, 1.165) is 189 Å². The summed E-state index contributed by atoms with van der Waals surface area (Å²) in [6, 6.07) is 59.8. The highest BCUT2D eigenvalue weighted by Crippen LogP contribution is 2.44. The number of pyridine rings is 10. The predicted molar refractivity (Wildman–Crippen MR) is 527 cm³/mol. The molecule has 15 heteroatoms. The van der Waals surface area contributed by atoms with E-state index in [1.54, 1.807) is 39.1 Å². The smallest absolute Gasteiger partial charge is 0.227 e. The fraction of sp³-hybridized carbons (Fsp3) is 0.298. The lowest BCUT2D eigenvalue weighted by Gasteiger charge is -2.09. The van der Waals surface area contributed by atoms with E-state index < -0.39 is 49.1 Å². The Kier molecular flexibility index (Phi) is 21.1. The zero-order valence-corrected chi connectivity index (χ0v) is 78.8. The number of hydrogen-bond acceptors (Lipinski definition) is 10. The van der Waals surface area contributed by atoms with E-state index in [2.05, 4.69) is 128 Å². The molecule has 0 saturated carbocycles. The molecular formula is C114H123N10O5+5. The van der Waals surface area contributed by atoms with Crippen LogP contribution in [0.5, 0.6) is 0 Å². The Morgan fingerprint density at radius 1 is 0.287 bits per heavy atom. The molecule has 15 nitrogen and oxygen atoms in total. The average Bonchev–Trinajstić information content (AvgIpc) is 1.59. The second kappa shape index (κ2) is 36.4. The summed E-state index contributed by atoms with van der Waals surface area (Å²) in [4.78, 5) is 22.9. The van der Waals surface area contributed by atoms with Crippen LogP contribution < -0.4 is 22.8 Å². The van der Waals surface area contributed by atoms with Gasteiger partial charge < -0.3 is 22.1 Å². The molecule has 0 saturated heterocycles. The van der Waals surface area contributed by atoms with E-state index in [1.807, 2.05) is 261 Å². The van der Waals surface area contributed by atoms with Gasteiger partial charge in [-0.1, -0.05) is 151 Å². The highest BCUT2D eigenvalue weighted by atomic mass is 16.4. The van der Waals surface area contributed by atoms with E-state index >= 15 is 0 Å². The van der Waals surface area contributed by atoms with Gasteiger partial charge in [-0.25, -0.2) is 47.8 Å². The Bertz CT molecular complexity index is 8170. The van der Waals surface area contributed by atoms with Crippen LogP contribution in [0.15, 0.2) is 235 Å². The highest BCUT2D eigenvalue weighted by Gasteiger charge is 2.29. The maximum absolute atomic E-state index is 8.51. The highest BCUT2D eigenvalue weighted by molar-refractivity contribution is 6.13. The summed E-state index contributed by atoms with van der Waals surface area (Å²) >= 11 is 0. The van der Waals surface area contributed by atoms with Crippen LogP contribution >= 0.6 is 0 Å². The van der Waals surface area contributed by atoms with Gasteiger partial charge in [-0.15, -0.1) is 0 Å². The van der Waals surface area contributed by atoms with Crippen molar-refractivity contribution >= 4 is 110 Å². The minimum absolute atomic E-state index is 0.122. The molecule has 0 fully saturated rings. The molecule has 129 heavy (non-hydrogen) atoms. The SMILES string of the molecule is [2H]C(C)(C)c1cc[n+](C)c(-c2c(C)ccc3c2oc2nc(C([2H])(C)C)ccc23)c1.[2H]C(C)(C)c1cc[n+](C)c(-c2c(C)ccc3c2oc2nc(C)ccc23)c1.[2H]C(C)(C)c1ccc2c(n1)oc1c(-c3cc(C([2H])(C)C([2H])([2H])[2H])cc[n+]3C)c(C)ccc12.[2H]C([2H])(C)c1cc[n+](C)c(-c2c(C)ccc3c2oc2nc(C)ccc23)c1.[2H]C([2H])(c1cc[n+](C)c(-c2c(C)ccc3c2oc2nc(C)ccc23)c1)C(C)C. The number of benzene rings is 5. The molecule has 15 heterocycles. The number of furan rings is 5. The van der Waals surface area contributed by atoms with Crippen LogP contribution in [0.2, 0.25) is 0 Å². The summed E-state index contributed by atoms with van der Waals surface area (Å²) in [6.07, 6.45) is 6.81. The largest absolute Gasteiger partial charge is 0.437 e. The van der Waals surface area contributed by atoms with E-state index in [4.69, 9.17) is 38.5 Å². The lowest BCUT2D eigenvalue weighted by molar-refractivity contribution is -0.660. The quantitative estimate of drug-likeness (QED) is 0.102. The molecule has 0 radical (unpaired) electrons. The van der Waals surface area contributed by atoms with Crippen molar-refractivity contribution in [3.63, 3.8) is 0 Å². The third kappa shape index (κ3) is 17.6. The van der Waals surface area contributed by atoms with Gasteiger partial charge in [0.2, 0.25) is 57.0 Å². The third-order valence-corrected chi connectivity index (χ3v) is 24.4. The average molecular weight is 1730 g/mol. The van der Waals surface area contributed by atoms with Gasteiger partial charge >= 0.3 is 0 Å². The molecule has 1 unspecified atom stereocenters. The van der Waals surface area contributed by atoms with Crippen molar-refractivity contribution in [2.24, 2.45) is 41.2 Å². The van der Waals surface area contributed by atoms with Gasteiger partial charge in [0.15, 0.2) is 58.9 Å². The zero-order chi connectivity index (χ0) is 102. The second-order valence-electron chi connectivity index (χ2n) is 35.4. The van der Waals surface area contributed by atoms with E-state index in [-0.39, 0.29) is 5.92 Å². The summed E-state index contributed by atoms with van der Waals surface area (Å²) < 4.78 is 140. The van der Waals surface area contributed by atoms with Crippen molar-refractivity contribution in [3.8, 4) is 56.3 Å². The van der Waals surface area contributed by atoms with Crippen LogP contribution in [0.3, 0.4) is 0 Å². The van der Waals surface area contributed by atoms with Gasteiger partial charge in [-0.2, -0.15) is 0 Å². The van der Waals surface area contributed by atoms with Gasteiger partial charge in [0.05, 0.1) is 27.8 Å². The van der Waals surface area contributed by atoms with Crippen molar-refractivity contribution in [2.75, 3.05) is 0 Å². The standard InChI is InChI=1S/2C24H27N2O.C23H25N2O.C22H23N2O.C21H21N2O/c2*1-14(2)17-11-12-26(6)21(13-17)22-16(5)7-8-18-19-9-10-20(15(3)4)25-24(19)27-23(18)22;1-14(2)12-17-10-11-25(5)20(13-17)21-15(3)6-8-18-19-9-7-16(4)24-23(19)26-22(18)21;1-13(2)16-10-11-24(5)19(12-16)20-14(3)6-8-17-18-9-7-15(4)23-22(18)25-21(17)20;1-5-15-10-11-23(4)18(12-15)19-13(2)6-8-16-17-9-7-14(3)22-21(17)24-20(16)19/h2*7-15H,1-6H3;6-11,13-14H,12H2,1-5H3;6-13H,1-5H3;6-12H,5H2,1-4H3/q5*+1/i1D3,14D,15D;14D,15D;12D2;13D;5D2. The minimum Gasteiger partial charge on any atom is -0.437 e. The number of aryl methyl sites for hydroxylation is 14. The Morgan fingerprint density at radius 3 is 0.806 bits per heavy atom. The maximum Gasteiger partial charge on any atom is 0.227 e. The summed E-state index contributed by atoms with van der Waals surface area (Å²) in [5.41, 5.74) is 29.5. The number of rotatable bonds is 13. The fourth-order valence-electron chi connectivity index (χ4n) is 17.0. The van der Waals surface area contributed by atoms with Crippen molar-refractivity contribution < 1.29 is 61.4 Å². The summed E-state index contributed by atoms with van der Waals surface area (Å²) in [5, 5.41) is 9.88. The van der Waals surface area contributed by atoms with Gasteiger partial charge in [-0.3, -0.25) is 0 Å². The Morgan fingerprint density at radius 2 is 0.535 bits per heavy atom. The van der Waals surface area contributed by atoms with Gasteiger partial charge in [0.1, 0.15) is 35.2 Å². The molecule has 654 valence electrons. The first-order valence-corrected chi connectivity index (χ1v) is 44.0. The Hall–Kier alpha value is -13.4. The molecule has 20 aromatic rings. The molecule has 0 aliphatic rings. The molecule has 0 N–H and O–H groups in total. The topological polar surface area (TPSA) is 150 Å². The van der Waals surface area contributed by atoms with Crippen LogP contribution in [-0.2, 0) is 48.0 Å². The van der Waals surface area contributed by atoms with Crippen molar-refractivity contribution in [2.45, 2.75) is 188 Å². The lowest BCUT2D eigenvalue weighted by atomic mass is 9.97. The molecule has 1 atom stereocenters. The molecule has 0 bridgehead atoms. The second-order valence-corrected chi connectivity index (χ2v) is 35.4. The van der Waals surface area contributed by atoms with Crippen LogP contribution in [0.25, 0.3) is 167 Å². The molecule has 0 amide bonds. The first-order chi connectivity index (χ1) is 65.9. The molecule has 0 spiro atoms. The Labute approximate surface area is 774 Å². The van der Waals surface area contributed by atoms with E-state index in [0.29, 0.717) is 62.2 Å². The molecule has 20 rings (SSSR count). The monoisotopic (exact) mass is 1720 g/mol.